The highest BCUT2D eigenvalue weighted by molar-refractivity contribution is 7.98. The molecule has 0 aliphatic rings. The Balaban J connectivity index is 2.49. The number of aliphatic hydroxyl groups excluding tert-OH is 1. The molecule has 116 valence electrons. The van der Waals surface area contributed by atoms with Gasteiger partial charge in [0.05, 0.1) is 0 Å². The Hall–Kier alpha value is -1.53. The van der Waals surface area contributed by atoms with Gasteiger partial charge in [-0.1, -0.05) is 12.1 Å². The first kappa shape index (κ1) is 17.5. The molecule has 0 saturated heterocycles. The number of carbonyl (C=O) groups is 2. The highest BCUT2D eigenvalue weighted by atomic mass is 32.2. The maximum Gasteiger partial charge on any atom is 0.253 e. The second kappa shape index (κ2) is 8.69. The van der Waals surface area contributed by atoms with E-state index < -0.39 is 6.10 Å². The SMILES string of the molecule is CSCC[C@@H](O)C(=O)NCc1ccc(C(=O)N(C)C)cc1. The molecule has 1 aromatic carbocycles. The van der Waals surface area contributed by atoms with Crippen LogP contribution >= 0.6 is 11.8 Å². The molecule has 21 heavy (non-hydrogen) atoms. The summed E-state index contributed by atoms with van der Waals surface area (Å²) in [6.07, 6.45) is 1.41. The van der Waals surface area contributed by atoms with Crippen molar-refractivity contribution in [1.82, 2.24) is 10.2 Å². The van der Waals surface area contributed by atoms with Crippen molar-refractivity contribution in [2.75, 3.05) is 26.1 Å². The van der Waals surface area contributed by atoms with Gasteiger partial charge in [0.25, 0.3) is 5.91 Å². The molecule has 0 unspecified atom stereocenters. The number of rotatable bonds is 7. The summed E-state index contributed by atoms with van der Waals surface area (Å²) in [4.78, 5) is 24.9. The van der Waals surface area contributed by atoms with Gasteiger partial charge in [-0.05, 0) is 36.1 Å². The number of thioether (sulfide) groups is 1. The van der Waals surface area contributed by atoms with Crippen LogP contribution in [0.25, 0.3) is 0 Å². The zero-order valence-corrected chi connectivity index (χ0v) is 13.4. The third-order valence-electron chi connectivity index (χ3n) is 2.97. The van der Waals surface area contributed by atoms with Crippen LogP contribution in [0.1, 0.15) is 22.3 Å². The standard InChI is InChI=1S/C15H22N2O3S/c1-17(2)15(20)12-6-4-11(5-7-12)10-16-14(19)13(18)8-9-21-3/h4-7,13,18H,8-10H2,1-3H3,(H,16,19)/t13-/m1/s1. The fourth-order valence-corrected chi connectivity index (χ4v) is 2.15. The lowest BCUT2D eigenvalue weighted by Crippen LogP contribution is -2.34. The lowest BCUT2D eigenvalue weighted by atomic mass is 10.1. The summed E-state index contributed by atoms with van der Waals surface area (Å²) < 4.78 is 0. The molecule has 0 heterocycles. The Labute approximate surface area is 129 Å². The van der Waals surface area contributed by atoms with E-state index in [1.165, 1.54) is 4.90 Å². The fraction of sp³-hybridized carbons (Fsp3) is 0.467. The van der Waals surface area contributed by atoms with E-state index >= 15 is 0 Å². The van der Waals surface area contributed by atoms with Crippen LogP contribution in [-0.4, -0.2) is 54.0 Å². The first-order chi connectivity index (χ1) is 9.95. The normalized spacial score (nSPS) is 11.8. The Morgan fingerprint density at radius 2 is 1.90 bits per heavy atom. The highest BCUT2D eigenvalue weighted by Gasteiger charge is 2.14. The van der Waals surface area contributed by atoms with Crippen LogP contribution < -0.4 is 5.32 Å². The van der Waals surface area contributed by atoms with Crippen molar-refractivity contribution in [3.05, 3.63) is 35.4 Å². The van der Waals surface area contributed by atoms with Crippen molar-refractivity contribution in [2.24, 2.45) is 0 Å². The van der Waals surface area contributed by atoms with Crippen LogP contribution in [0.4, 0.5) is 0 Å². The number of nitrogens with zero attached hydrogens (tertiary/aromatic N) is 1. The Kier molecular flexibility index (Phi) is 7.25. The van der Waals surface area contributed by atoms with E-state index in [4.69, 9.17) is 0 Å². The van der Waals surface area contributed by atoms with Gasteiger partial charge in [0.2, 0.25) is 5.91 Å². The van der Waals surface area contributed by atoms with E-state index in [9.17, 15) is 14.7 Å². The molecule has 6 heteroatoms. The van der Waals surface area contributed by atoms with Crippen molar-refractivity contribution in [3.63, 3.8) is 0 Å². The molecular weight excluding hydrogens is 288 g/mol. The fourth-order valence-electron chi connectivity index (χ4n) is 1.69. The summed E-state index contributed by atoms with van der Waals surface area (Å²) in [5, 5.41) is 12.3. The minimum absolute atomic E-state index is 0.0573. The van der Waals surface area contributed by atoms with E-state index in [0.717, 1.165) is 11.3 Å². The maximum atomic E-state index is 11.7. The van der Waals surface area contributed by atoms with Gasteiger partial charge >= 0.3 is 0 Å². The lowest BCUT2D eigenvalue weighted by molar-refractivity contribution is -0.129. The molecule has 0 spiro atoms. The predicted molar refractivity (Wildman–Crippen MR) is 85.3 cm³/mol. The molecular formula is C15H22N2O3S. The molecule has 0 aromatic heterocycles. The molecule has 0 fully saturated rings. The largest absolute Gasteiger partial charge is 0.383 e. The molecule has 0 aliphatic carbocycles. The third kappa shape index (κ3) is 5.77. The average Bonchev–Trinajstić information content (AvgIpc) is 2.49. The van der Waals surface area contributed by atoms with E-state index in [1.807, 2.05) is 6.26 Å². The first-order valence-electron chi connectivity index (χ1n) is 6.71. The number of hydrogen-bond acceptors (Lipinski definition) is 4. The Morgan fingerprint density at radius 1 is 1.29 bits per heavy atom. The second-order valence-electron chi connectivity index (χ2n) is 4.91. The minimum atomic E-state index is -0.966. The van der Waals surface area contributed by atoms with Crippen LogP contribution in [-0.2, 0) is 11.3 Å². The van der Waals surface area contributed by atoms with E-state index in [-0.39, 0.29) is 11.8 Å². The summed E-state index contributed by atoms with van der Waals surface area (Å²) in [5.41, 5.74) is 1.49. The van der Waals surface area contributed by atoms with Gasteiger partial charge < -0.3 is 15.3 Å². The number of carbonyl (C=O) groups excluding carboxylic acids is 2. The number of benzene rings is 1. The average molecular weight is 310 g/mol. The predicted octanol–water partition coefficient (Wildman–Crippen LogP) is 1.12. The molecule has 1 atom stereocenters. The molecule has 0 radical (unpaired) electrons. The summed E-state index contributed by atoms with van der Waals surface area (Å²) in [7, 11) is 3.40. The van der Waals surface area contributed by atoms with Gasteiger partial charge in [0.15, 0.2) is 0 Å². The topological polar surface area (TPSA) is 69.6 Å². The molecule has 1 aromatic rings. The van der Waals surface area contributed by atoms with Crippen molar-refractivity contribution < 1.29 is 14.7 Å². The minimum Gasteiger partial charge on any atom is -0.383 e. The Bertz CT molecular complexity index is 474. The number of amides is 2. The van der Waals surface area contributed by atoms with Crippen molar-refractivity contribution in [2.45, 2.75) is 19.1 Å². The third-order valence-corrected chi connectivity index (χ3v) is 3.62. The van der Waals surface area contributed by atoms with Crippen molar-refractivity contribution in [3.8, 4) is 0 Å². The van der Waals surface area contributed by atoms with Gasteiger partial charge in [-0.25, -0.2) is 0 Å². The molecule has 5 nitrogen and oxygen atoms in total. The van der Waals surface area contributed by atoms with E-state index in [0.29, 0.717) is 18.5 Å². The number of aliphatic hydroxyl groups is 1. The second-order valence-corrected chi connectivity index (χ2v) is 5.90. The summed E-state index contributed by atoms with van der Waals surface area (Å²) in [5.74, 6) is 0.325. The highest BCUT2D eigenvalue weighted by Crippen LogP contribution is 2.07. The van der Waals surface area contributed by atoms with Crippen LogP contribution in [0.5, 0.6) is 0 Å². The Morgan fingerprint density at radius 3 is 2.43 bits per heavy atom. The molecule has 0 bridgehead atoms. The number of hydrogen-bond donors (Lipinski definition) is 2. The number of nitrogens with one attached hydrogen (secondary N) is 1. The summed E-state index contributed by atoms with van der Waals surface area (Å²) in [6, 6.07) is 7.05. The van der Waals surface area contributed by atoms with E-state index in [1.54, 1.807) is 50.1 Å². The van der Waals surface area contributed by atoms with Gasteiger partial charge in [-0.3, -0.25) is 9.59 Å². The van der Waals surface area contributed by atoms with Crippen LogP contribution in [0.15, 0.2) is 24.3 Å². The maximum absolute atomic E-state index is 11.7. The van der Waals surface area contributed by atoms with Gasteiger partial charge in [0.1, 0.15) is 6.10 Å². The quantitative estimate of drug-likeness (QED) is 0.792. The first-order valence-corrected chi connectivity index (χ1v) is 8.10. The molecule has 1 rings (SSSR count). The summed E-state index contributed by atoms with van der Waals surface area (Å²) >= 11 is 1.59. The molecule has 0 saturated carbocycles. The molecule has 0 aliphatic heterocycles. The zero-order valence-electron chi connectivity index (χ0n) is 12.6. The van der Waals surface area contributed by atoms with Gasteiger partial charge in [0, 0.05) is 26.2 Å². The van der Waals surface area contributed by atoms with Gasteiger partial charge in [-0.2, -0.15) is 11.8 Å². The monoisotopic (exact) mass is 310 g/mol. The van der Waals surface area contributed by atoms with Crippen molar-refractivity contribution >= 4 is 23.6 Å². The lowest BCUT2D eigenvalue weighted by Gasteiger charge is -2.12. The smallest absolute Gasteiger partial charge is 0.253 e. The van der Waals surface area contributed by atoms with Gasteiger partial charge in [-0.15, -0.1) is 0 Å². The molecule has 2 N–H and O–H groups in total. The van der Waals surface area contributed by atoms with Crippen LogP contribution in [0.2, 0.25) is 0 Å². The molecule has 2 amide bonds. The van der Waals surface area contributed by atoms with Crippen LogP contribution in [0.3, 0.4) is 0 Å². The zero-order chi connectivity index (χ0) is 15.8. The van der Waals surface area contributed by atoms with E-state index in [2.05, 4.69) is 5.32 Å². The van der Waals surface area contributed by atoms with Crippen molar-refractivity contribution in [1.29, 1.82) is 0 Å². The van der Waals surface area contributed by atoms with Crippen LogP contribution in [0, 0.1) is 0 Å². The summed E-state index contributed by atoms with van der Waals surface area (Å²) in [6.45, 7) is 0.339.